The molecule has 0 saturated carbocycles. The number of rotatable bonds is 1. The van der Waals surface area contributed by atoms with Crippen LogP contribution >= 0.6 is 0 Å². The topological polar surface area (TPSA) is 72.1 Å². The van der Waals surface area contributed by atoms with Gasteiger partial charge in [-0.1, -0.05) is 20.8 Å². The van der Waals surface area contributed by atoms with E-state index in [2.05, 4.69) is 11.9 Å². The number of aromatic nitrogens is 2. The summed E-state index contributed by atoms with van der Waals surface area (Å²) in [5.41, 5.74) is 6.56. The van der Waals surface area contributed by atoms with Crippen LogP contribution in [0.15, 0.2) is 16.9 Å². The Hall–Kier alpha value is -3.02. The Bertz CT molecular complexity index is 1310. The molecule has 168 valence electrons. The number of nitrogens with zero attached hydrogens (tertiary/aromatic N) is 1. The van der Waals surface area contributed by atoms with E-state index in [0.29, 0.717) is 39.5 Å². The van der Waals surface area contributed by atoms with Gasteiger partial charge in [0.15, 0.2) is 0 Å². The molecule has 0 fully saturated rings. The number of carbonyl (C=O) groups is 1. The lowest BCUT2D eigenvalue weighted by atomic mass is 9.79. The van der Waals surface area contributed by atoms with E-state index >= 15 is 0 Å². The van der Waals surface area contributed by atoms with Gasteiger partial charge in [0.2, 0.25) is 0 Å². The van der Waals surface area contributed by atoms with Crippen LogP contribution in [0.4, 0.5) is 4.39 Å². The molecule has 0 radical (unpaired) electrons. The quantitative estimate of drug-likeness (QED) is 0.505. The summed E-state index contributed by atoms with van der Waals surface area (Å²) in [6.45, 7) is 11.7. The minimum absolute atomic E-state index is 0.0195. The lowest BCUT2D eigenvalue weighted by molar-refractivity contribution is -0.147. The van der Waals surface area contributed by atoms with E-state index in [9.17, 15) is 14.0 Å². The van der Waals surface area contributed by atoms with Crippen LogP contribution in [-0.4, -0.2) is 15.9 Å². The van der Waals surface area contributed by atoms with Gasteiger partial charge in [0.05, 0.1) is 28.4 Å². The Labute approximate surface area is 187 Å². The van der Waals surface area contributed by atoms with Crippen LogP contribution in [-0.2, 0) is 22.6 Å². The first kappa shape index (κ1) is 22.2. The van der Waals surface area contributed by atoms with Crippen LogP contribution in [0.2, 0.25) is 0 Å². The summed E-state index contributed by atoms with van der Waals surface area (Å²) in [7, 11) is 0. The third kappa shape index (κ3) is 3.24. The number of pyridine rings is 2. The first-order valence-electron chi connectivity index (χ1n) is 11.3. The molecule has 3 aromatic rings. The fourth-order valence-electron chi connectivity index (χ4n) is 5.06. The molecular weight excluding hydrogens is 407 g/mol. The second-order valence-corrected chi connectivity index (χ2v) is 8.57. The van der Waals surface area contributed by atoms with Crippen molar-refractivity contribution in [3.8, 4) is 11.4 Å². The highest BCUT2D eigenvalue weighted by Gasteiger charge is 2.30. The molecule has 0 bridgehead atoms. The number of benzene rings is 1. The molecule has 1 N–H and O–H groups in total. The van der Waals surface area contributed by atoms with E-state index in [1.807, 2.05) is 33.8 Å². The molecule has 6 heteroatoms. The number of esters is 1. The second kappa shape index (κ2) is 8.15. The third-order valence-electron chi connectivity index (χ3n) is 6.82. The van der Waals surface area contributed by atoms with Gasteiger partial charge in [0.25, 0.3) is 5.56 Å². The average Bonchev–Trinajstić information content (AvgIpc) is 2.78. The smallest absolute Gasteiger partial charge is 0.313 e. The zero-order chi connectivity index (χ0) is 23.3. The molecule has 2 atom stereocenters. The van der Waals surface area contributed by atoms with E-state index in [1.165, 1.54) is 11.6 Å². The number of aryl methyl sites for hydroxylation is 1. The Morgan fingerprint density at radius 1 is 1.09 bits per heavy atom. The fraction of sp³-hybridized carbons (Fsp3) is 0.423. The predicted molar refractivity (Wildman–Crippen MR) is 124 cm³/mol. The third-order valence-corrected chi connectivity index (χ3v) is 6.82. The van der Waals surface area contributed by atoms with E-state index in [0.717, 1.165) is 29.4 Å². The van der Waals surface area contributed by atoms with Gasteiger partial charge in [0, 0.05) is 11.5 Å². The highest BCUT2D eigenvalue weighted by molar-refractivity contribution is 5.92. The number of ether oxygens (including phenoxy) is 1. The maximum absolute atomic E-state index is 14.6. The predicted octanol–water partition coefficient (Wildman–Crippen LogP) is 5.58. The van der Waals surface area contributed by atoms with E-state index < -0.39 is 5.92 Å². The van der Waals surface area contributed by atoms with Crippen molar-refractivity contribution >= 4 is 16.9 Å². The zero-order valence-corrected chi connectivity index (χ0v) is 19.5. The van der Waals surface area contributed by atoms with Crippen LogP contribution in [0.5, 0.6) is 0 Å². The molecule has 0 unspecified atom stereocenters. The van der Waals surface area contributed by atoms with Crippen molar-refractivity contribution in [3.63, 3.8) is 0 Å². The van der Waals surface area contributed by atoms with Gasteiger partial charge in [-0.3, -0.25) is 9.59 Å². The largest absolute Gasteiger partial charge is 0.460 e. The first-order chi connectivity index (χ1) is 15.3. The number of nitrogens with one attached hydrogen (secondary N) is 1. The van der Waals surface area contributed by atoms with E-state index in [4.69, 9.17) is 9.72 Å². The number of aromatic amines is 1. The summed E-state index contributed by atoms with van der Waals surface area (Å²) in [6.07, 6.45) is 1.78. The molecule has 1 aromatic carbocycles. The Kier molecular flexibility index (Phi) is 5.65. The molecule has 0 amide bonds. The zero-order valence-electron chi connectivity index (χ0n) is 19.5. The monoisotopic (exact) mass is 436 g/mol. The highest BCUT2D eigenvalue weighted by Crippen LogP contribution is 2.42. The molecule has 0 saturated heterocycles. The second-order valence-electron chi connectivity index (χ2n) is 8.57. The Balaban J connectivity index is 0.00000119. The lowest BCUT2D eigenvalue weighted by Crippen LogP contribution is -2.28. The van der Waals surface area contributed by atoms with Crippen molar-refractivity contribution in [1.29, 1.82) is 0 Å². The number of halogens is 1. The molecule has 2 aliphatic rings. The summed E-state index contributed by atoms with van der Waals surface area (Å²) < 4.78 is 19.7. The molecule has 0 spiro atoms. The number of carbonyl (C=O) groups excluding carboxylic acids is 1. The van der Waals surface area contributed by atoms with Crippen molar-refractivity contribution in [2.24, 2.45) is 0 Å². The van der Waals surface area contributed by atoms with Crippen LogP contribution < -0.4 is 5.56 Å². The number of hydrogen-bond acceptors (Lipinski definition) is 4. The molecule has 1 aliphatic carbocycles. The van der Waals surface area contributed by atoms with Crippen molar-refractivity contribution in [2.75, 3.05) is 0 Å². The molecule has 32 heavy (non-hydrogen) atoms. The van der Waals surface area contributed by atoms with Crippen LogP contribution in [0.1, 0.15) is 79.3 Å². The number of fused-ring (bicyclic) bond motifs is 1. The standard InChI is InChI=1S/C24H23FN2O3.C2H6/c1-10-5-6-14-11(2)17(25)8-18-21(14)20(10)13(4)22(26-18)19-7-15-12(3)24(29)30-9-16(15)23(28)27-19;1-2/h7-8,10,12H,5-6,9H2,1-4H3,(H,27,28);1-2H3/t10-,12+;/m0./s1. The van der Waals surface area contributed by atoms with Gasteiger partial charge < -0.3 is 9.72 Å². The molecule has 2 aromatic heterocycles. The SMILES string of the molecule is CC.Cc1c(F)cc2nc(-c3cc4c(c(=O)[nH]3)COC(=O)[C@@H]4C)c(C)c3c2c1CC[C@@H]3C. The lowest BCUT2D eigenvalue weighted by Gasteiger charge is -2.28. The highest BCUT2D eigenvalue weighted by atomic mass is 19.1. The van der Waals surface area contributed by atoms with Crippen molar-refractivity contribution < 1.29 is 13.9 Å². The first-order valence-corrected chi connectivity index (χ1v) is 11.3. The molecule has 3 heterocycles. The molecule has 5 rings (SSSR count). The Morgan fingerprint density at radius 3 is 2.53 bits per heavy atom. The van der Waals surface area contributed by atoms with Gasteiger partial charge in [-0.15, -0.1) is 0 Å². The summed E-state index contributed by atoms with van der Waals surface area (Å²) >= 11 is 0. The molecule has 1 aliphatic heterocycles. The van der Waals surface area contributed by atoms with Crippen LogP contribution in [0.3, 0.4) is 0 Å². The average molecular weight is 437 g/mol. The minimum atomic E-state index is -0.514. The number of H-pyrrole nitrogens is 1. The summed E-state index contributed by atoms with van der Waals surface area (Å²) in [5.74, 6) is -0.798. The molecular formula is C26H29FN2O3. The fourth-order valence-corrected chi connectivity index (χ4v) is 5.06. The van der Waals surface area contributed by atoms with Crippen molar-refractivity contribution in [3.05, 3.63) is 61.7 Å². The van der Waals surface area contributed by atoms with Crippen molar-refractivity contribution in [2.45, 2.75) is 72.8 Å². The van der Waals surface area contributed by atoms with Crippen LogP contribution in [0.25, 0.3) is 22.3 Å². The van der Waals surface area contributed by atoms with Gasteiger partial charge in [-0.05, 0) is 73.4 Å². The van der Waals surface area contributed by atoms with Crippen LogP contribution in [0, 0.1) is 19.7 Å². The van der Waals surface area contributed by atoms with Crippen molar-refractivity contribution in [1.82, 2.24) is 9.97 Å². The summed E-state index contributed by atoms with van der Waals surface area (Å²) in [6, 6.07) is 3.32. The van der Waals surface area contributed by atoms with Gasteiger partial charge in [-0.25, -0.2) is 9.37 Å². The van der Waals surface area contributed by atoms with Gasteiger partial charge >= 0.3 is 5.97 Å². The van der Waals surface area contributed by atoms with Gasteiger partial charge in [0.1, 0.15) is 12.4 Å². The normalized spacial score (nSPS) is 19.2. The maximum Gasteiger partial charge on any atom is 0.313 e. The summed E-state index contributed by atoms with van der Waals surface area (Å²) in [4.78, 5) is 32.5. The van der Waals surface area contributed by atoms with E-state index in [1.54, 1.807) is 6.92 Å². The van der Waals surface area contributed by atoms with Gasteiger partial charge in [-0.2, -0.15) is 0 Å². The number of cyclic esters (lactones) is 1. The minimum Gasteiger partial charge on any atom is -0.460 e. The molecule has 5 nitrogen and oxygen atoms in total. The van der Waals surface area contributed by atoms with E-state index in [-0.39, 0.29) is 24.0 Å². The number of hydrogen-bond donors (Lipinski definition) is 1. The Morgan fingerprint density at radius 2 is 1.81 bits per heavy atom. The maximum atomic E-state index is 14.6. The summed E-state index contributed by atoms with van der Waals surface area (Å²) in [5, 5.41) is 1.05.